The van der Waals surface area contributed by atoms with Gasteiger partial charge in [-0.3, -0.25) is 9.59 Å². The molecule has 0 aliphatic carbocycles. The summed E-state index contributed by atoms with van der Waals surface area (Å²) in [4.78, 5) is 45.9. The van der Waals surface area contributed by atoms with Gasteiger partial charge in [-0.1, -0.05) is 41.9 Å². The third-order valence-electron chi connectivity index (χ3n) is 8.31. The number of aromatic nitrogens is 2. The molecule has 7 rings (SSSR count). The fraction of sp³-hybridized carbons (Fsp3) is 0.212. The molecule has 0 radical (unpaired) electrons. The lowest BCUT2D eigenvalue weighted by Crippen LogP contribution is -2.45. The topological polar surface area (TPSA) is 94.6 Å². The predicted molar refractivity (Wildman–Crippen MR) is 157 cm³/mol. The number of esters is 1. The second-order valence-electron chi connectivity index (χ2n) is 10.9. The number of hydrogen-bond donors (Lipinski definition) is 0. The highest BCUT2D eigenvalue weighted by molar-refractivity contribution is 6.31. The van der Waals surface area contributed by atoms with Crippen molar-refractivity contribution in [1.82, 2.24) is 14.5 Å². The number of likely N-dealkylation sites (tertiary alicyclic amines) is 1. The maximum atomic E-state index is 13.8. The molecular weight excluding hydrogens is 573 g/mol. The Labute approximate surface area is 250 Å². The number of oxazole rings is 1. The third-order valence-corrected chi connectivity index (χ3v) is 8.54. The first-order valence-electron chi connectivity index (χ1n) is 13.9. The molecule has 10 heteroatoms. The summed E-state index contributed by atoms with van der Waals surface area (Å²) in [6.07, 6.45) is 2.45. The number of Topliss-reactive ketones (excluding diaryl/α,β-unsaturated/α-hetero) is 1. The van der Waals surface area contributed by atoms with Crippen LogP contribution in [0.1, 0.15) is 55.4 Å². The van der Waals surface area contributed by atoms with E-state index >= 15 is 0 Å². The Balaban J connectivity index is 1.14. The van der Waals surface area contributed by atoms with Crippen LogP contribution >= 0.6 is 11.6 Å². The molecule has 2 aliphatic rings. The third kappa shape index (κ3) is 4.60. The van der Waals surface area contributed by atoms with E-state index in [0.717, 1.165) is 5.56 Å². The summed E-state index contributed by atoms with van der Waals surface area (Å²) in [5.74, 6) is -0.740. The van der Waals surface area contributed by atoms with E-state index in [-0.39, 0.29) is 29.5 Å². The molecule has 0 N–H and O–H groups in total. The van der Waals surface area contributed by atoms with Crippen molar-refractivity contribution in [2.75, 3.05) is 13.1 Å². The van der Waals surface area contributed by atoms with E-state index in [1.807, 2.05) is 30.3 Å². The molecule has 8 nitrogen and oxygen atoms in total. The van der Waals surface area contributed by atoms with Gasteiger partial charge in [0.2, 0.25) is 11.7 Å². The Kier molecular flexibility index (Phi) is 6.43. The van der Waals surface area contributed by atoms with Gasteiger partial charge < -0.3 is 18.6 Å². The Morgan fingerprint density at radius 3 is 2.58 bits per heavy atom. The van der Waals surface area contributed by atoms with E-state index in [4.69, 9.17) is 20.8 Å². The molecule has 1 saturated heterocycles. The molecule has 0 bridgehead atoms. The minimum absolute atomic E-state index is 0.0713. The van der Waals surface area contributed by atoms with Crippen LogP contribution in [0.15, 0.2) is 77.3 Å². The average molecular weight is 598 g/mol. The van der Waals surface area contributed by atoms with Gasteiger partial charge in [0.25, 0.3) is 5.91 Å². The zero-order chi connectivity index (χ0) is 29.9. The van der Waals surface area contributed by atoms with Gasteiger partial charge >= 0.3 is 5.97 Å². The minimum Gasteiger partial charge on any atom is -0.450 e. The van der Waals surface area contributed by atoms with Crippen LogP contribution in [0.25, 0.3) is 22.4 Å². The molecule has 216 valence electrons. The summed E-state index contributed by atoms with van der Waals surface area (Å²) >= 11 is 6.32. The van der Waals surface area contributed by atoms with E-state index in [2.05, 4.69) is 4.98 Å². The summed E-state index contributed by atoms with van der Waals surface area (Å²) < 4.78 is 27.0. The lowest BCUT2D eigenvalue weighted by molar-refractivity contribution is -0.0389. The number of halogens is 2. The summed E-state index contributed by atoms with van der Waals surface area (Å²) in [7, 11) is 0. The van der Waals surface area contributed by atoms with Crippen molar-refractivity contribution in [2.24, 2.45) is 0 Å². The number of piperidine rings is 1. The van der Waals surface area contributed by atoms with Crippen molar-refractivity contribution >= 4 is 40.2 Å². The molecule has 1 amide bonds. The van der Waals surface area contributed by atoms with Crippen LogP contribution in [0.5, 0.6) is 0 Å². The van der Waals surface area contributed by atoms with E-state index < -0.39 is 17.4 Å². The SMILES string of the molecule is Cc1oc(-c2ccccc2)nc1C(=O)Cn1cc(C(=O)N2CCC3(CC2)OC(=O)c2cc(F)ccc23)c2ccc(Cl)cc21. The van der Waals surface area contributed by atoms with Crippen molar-refractivity contribution in [1.29, 1.82) is 0 Å². The second-order valence-corrected chi connectivity index (χ2v) is 11.3. The second kappa shape index (κ2) is 10.2. The normalized spacial score (nSPS) is 15.6. The highest BCUT2D eigenvalue weighted by Crippen LogP contribution is 2.44. The molecule has 0 unspecified atom stereocenters. The molecule has 43 heavy (non-hydrogen) atoms. The lowest BCUT2D eigenvalue weighted by atomic mass is 9.83. The Morgan fingerprint density at radius 1 is 1.05 bits per heavy atom. The molecule has 5 aromatic rings. The number of ketones is 1. The molecule has 0 atom stereocenters. The monoisotopic (exact) mass is 597 g/mol. The van der Waals surface area contributed by atoms with Crippen molar-refractivity contribution in [3.63, 3.8) is 0 Å². The number of amides is 1. The maximum Gasteiger partial charge on any atom is 0.339 e. The van der Waals surface area contributed by atoms with Crippen LogP contribution in [0.4, 0.5) is 4.39 Å². The van der Waals surface area contributed by atoms with Crippen LogP contribution < -0.4 is 0 Å². The van der Waals surface area contributed by atoms with Gasteiger partial charge in [-0.25, -0.2) is 14.2 Å². The summed E-state index contributed by atoms with van der Waals surface area (Å²) in [6, 6.07) is 18.7. The standard InChI is InChI=1S/C33H25ClFN3O5/c1-19-29(36-30(42-19)20-5-3-2-4-6-20)28(39)18-38-17-25(23-9-7-21(34)15-27(23)38)31(40)37-13-11-33(12-14-37)26-10-8-22(35)16-24(26)32(41)43-33/h2-10,15-17H,11-14,18H2,1H3. The van der Waals surface area contributed by atoms with Crippen LogP contribution in [-0.4, -0.2) is 45.2 Å². The number of nitrogens with zero attached hydrogens (tertiary/aromatic N) is 3. The zero-order valence-electron chi connectivity index (χ0n) is 23.1. The highest BCUT2D eigenvalue weighted by Gasteiger charge is 2.48. The molecule has 2 aromatic heterocycles. The number of aryl methyl sites for hydroxylation is 1. The first kappa shape index (κ1) is 27.1. The minimum atomic E-state index is -0.876. The van der Waals surface area contributed by atoms with Crippen LogP contribution in [0.2, 0.25) is 5.02 Å². The number of benzene rings is 3. The van der Waals surface area contributed by atoms with E-state index in [1.54, 1.807) is 46.9 Å². The fourth-order valence-corrected chi connectivity index (χ4v) is 6.30. The predicted octanol–water partition coefficient (Wildman–Crippen LogP) is 6.58. The number of rotatable bonds is 5. The highest BCUT2D eigenvalue weighted by atomic mass is 35.5. The van der Waals surface area contributed by atoms with Gasteiger partial charge in [0.15, 0.2) is 0 Å². The van der Waals surface area contributed by atoms with E-state index in [1.165, 1.54) is 12.1 Å². The molecule has 0 saturated carbocycles. The fourth-order valence-electron chi connectivity index (χ4n) is 6.14. The number of hydrogen-bond acceptors (Lipinski definition) is 6. The molecular formula is C33H25ClFN3O5. The molecule has 1 spiro atoms. The number of ether oxygens (including phenoxy) is 1. The zero-order valence-corrected chi connectivity index (χ0v) is 23.9. The molecule has 3 aromatic carbocycles. The summed E-state index contributed by atoms with van der Waals surface area (Å²) in [6.45, 7) is 2.30. The molecule has 2 aliphatic heterocycles. The Bertz CT molecular complexity index is 1940. The van der Waals surface area contributed by atoms with E-state index in [9.17, 15) is 18.8 Å². The van der Waals surface area contributed by atoms with Crippen molar-refractivity contribution < 1.29 is 27.9 Å². The van der Waals surface area contributed by atoms with Gasteiger partial charge in [-0.15, -0.1) is 0 Å². The Morgan fingerprint density at radius 2 is 1.81 bits per heavy atom. The first-order valence-corrected chi connectivity index (χ1v) is 14.3. The number of carbonyl (C=O) groups excluding carboxylic acids is 3. The number of carbonyl (C=O) groups is 3. The average Bonchev–Trinajstić information content (AvgIpc) is 3.65. The molecule has 1 fully saturated rings. The first-order chi connectivity index (χ1) is 20.7. The van der Waals surface area contributed by atoms with Gasteiger partial charge in [-0.2, -0.15) is 0 Å². The van der Waals surface area contributed by atoms with Crippen LogP contribution in [0.3, 0.4) is 0 Å². The van der Waals surface area contributed by atoms with Crippen molar-refractivity contribution in [3.05, 3.63) is 112 Å². The quantitative estimate of drug-likeness (QED) is 0.168. The number of fused-ring (bicyclic) bond motifs is 3. The van der Waals surface area contributed by atoms with Gasteiger partial charge in [-0.05, 0) is 43.3 Å². The van der Waals surface area contributed by atoms with Gasteiger partial charge in [0.05, 0.1) is 23.2 Å². The Hall–Kier alpha value is -4.76. The van der Waals surface area contributed by atoms with Crippen molar-refractivity contribution in [2.45, 2.75) is 31.9 Å². The van der Waals surface area contributed by atoms with E-state index in [0.29, 0.717) is 64.6 Å². The largest absolute Gasteiger partial charge is 0.450 e. The summed E-state index contributed by atoms with van der Waals surface area (Å²) in [5.41, 5.74) is 2.09. The lowest BCUT2D eigenvalue weighted by Gasteiger charge is -2.38. The smallest absolute Gasteiger partial charge is 0.339 e. The van der Waals surface area contributed by atoms with Gasteiger partial charge in [0, 0.05) is 53.7 Å². The van der Waals surface area contributed by atoms with Crippen LogP contribution in [0, 0.1) is 12.7 Å². The molecule has 4 heterocycles. The van der Waals surface area contributed by atoms with Crippen LogP contribution in [-0.2, 0) is 16.9 Å². The van der Waals surface area contributed by atoms with Gasteiger partial charge in [0.1, 0.15) is 22.9 Å². The maximum absolute atomic E-state index is 13.8. The van der Waals surface area contributed by atoms with Crippen molar-refractivity contribution in [3.8, 4) is 11.5 Å². The summed E-state index contributed by atoms with van der Waals surface area (Å²) in [5, 5.41) is 1.14.